The quantitative estimate of drug-likeness (QED) is 0.848. The van der Waals surface area contributed by atoms with Gasteiger partial charge in [0, 0.05) is 16.9 Å². The van der Waals surface area contributed by atoms with E-state index in [1.807, 2.05) is 0 Å². The molecule has 0 radical (unpaired) electrons. The summed E-state index contributed by atoms with van der Waals surface area (Å²) >= 11 is 3.47. The van der Waals surface area contributed by atoms with Gasteiger partial charge in [-0.05, 0) is 56.3 Å². The van der Waals surface area contributed by atoms with Gasteiger partial charge in [-0.15, -0.1) is 12.4 Å². The number of carbonyl (C=O) groups is 1. The molecule has 1 saturated carbocycles. The second-order valence-corrected chi connectivity index (χ2v) is 6.90. The van der Waals surface area contributed by atoms with Gasteiger partial charge >= 0.3 is 0 Å². The van der Waals surface area contributed by atoms with Crippen molar-refractivity contribution in [1.82, 2.24) is 10.6 Å². The summed E-state index contributed by atoms with van der Waals surface area (Å²) in [6, 6.07) is 8.73. The molecule has 1 saturated heterocycles. The van der Waals surface area contributed by atoms with Gasteiger partial charge in [-0.2, -0.15) is 0 Å². The largest absolute Gasteiger partial charge is 0.347 e. The molecule has 1 aliphatic heterocycles. The van der Waals surface area contributed by atoms with Crippen molar-refractivity contribution in [2.24, 2.45) is 0 Å². The van der Waals surface area contributed by atoms with Gasteiger partial charge in [0.25, 0.3) is 0 Å². The van der Waals surface area contributed by atoms with Crippen LogP contribution in [0.5, 0.6) is 0 Å². The van der Waals surface area contributed by atoms with Crippen LogP contribution in [0.25, 0.3) is 0 Å². The number of halogens is 2. The SMILES string of the molecule is Cl.O=C(CC1CCCN1)NC1(c2ccc(Br)cc2)CCC1. The zero-order valence-electron chi connectivity index (χ0n) is 12.0. The van der Waals surface area contributed by atoms with Crippen LogP contribution in [-0.4, -0.2) is 18.5 Å². The van der Waals surface area contributed by atoms with Crippen LogP contribution in [0.3, 0.4) is 0 Å². The Bertz CT molecular complexity index is 482. The molecule has 0 aromatic heterocycles. The molecule has 1 aromatic rings. The predicted octanol–water partition coefficient (Wildman–Crippen LogP) is 3.51. The number of benzene rings is 1. The fourth-order valence-corrected chi connectivity index (χ4v) is 3.52. The van der Waals surface area contributed by atoms with E-state index >= 15 is 0 Å². The summed E-state index contributed by atoms with van der Waals surface area (Å²) in [5.41, 5.74) is 1.12. The maximum absolute atomic E-state index is 12.3. The Morgan fingerprint density at radius 1 is 1.29 bits per heavy atom. The second-order valence-electron chi connectivity index (χ2n) is 5.99. The minimum atomic E-state index is -0.115. The Labute approximate surface area is 140 Å². The second kappa shape index (κ2) is 7.12. The lowest BCUT2D eigenvalue weighted by Gasteiger charge is -2.43. The Balaban J connectivity index is 0.00000161. The summed E-state index contributed by atoms with van der Waals surface area (Å²) in [4.78, 5) is 12.3. The van der Waals surface area contributed by atoms with Gasteiger partial charge in [0.15, 0.2) is 0 Å². The molecule has 1 amide bonds. The van der Waals surface area contributed by atoms with E-state index in [2.05, 4.69) is 50.8 Å². The van der Waals surface area contributed by atoms with Crippen LogP contribution < -0.4 is 10.6 Å². The molecule has 1 heterocycles. The van der Waals surface area contributed by atoms with Crippen LogP contribution in [0.2, 0.25) is 0 Å². The van der Waals surface area contributed by atoms with Crippen molar-refractivity contribution in [3.05, 3.63) is 34.3 Å². The standard InChI is InChI=1S/C16H21BrN2O.ClH/c17-13-6-4-12(5-7-13)16(8-2-9-16)19-15(20)11-14-3-1-10-18-14;/h4-7,14,18H,1-3,8-11H2,(H,19,20);1H. The monoisotopic (exact) mass is 372 g/mol. The van der Waals surface area contributed by atoms with Crippen molar-refractivity contribution in [2.45, 2.75) is 50.1 Å². The molecule has 1 aromatic carbocycles. The van der Waals surface area contributed by atoms with Crippen LogP contribution in [0.4, 0.5) is 0 Å². The van der Waals surface area contributed by atoms with Crippen LogP contribution in [0.1, 0.15) is 44.1 Å². The van der Waals surface area contributed by atoms with Crippen LogP contribution in [0, 0.1) is 0 Å². The first-order valence-electron chi connectivity index (χ1n) is 7.48. The minimum Gasteiger partial charge on any atom is -0.347 e. The van der Waals surface area contributed by atoms with Gasteiger partial charge in [-0.3, -0.25) is 4.79 Å². The predicted molar refractivity (Wildman–Crippen MR) is 90.7 cm³/mol. The number of amides is 1. The highest BCUT2D eigenvalue weighted by molar-refractivity contribution is 9.10. The van der Waals surface area contributed by atoms with Crippen LogP contribution >= 0.6 is 28.3 Å². The maximum Gasteiger partial charge on any atom is 0.222 e. The normalized spacial score (nSPS) is 23.0. The molecule has 2 fully saturated rings. The molecular weight excluding hydrogens is 352 g/mol. The van der Waals surface area contributed by atoms with Gasteiger partial charge in [-0.25, -0.2) is 0 Å². The van der Waals surface area contributed by atoms with E-state index in [1.54, 1.807) is 0 Å². The number of carbonyl (C=O) groups excluding carboxylic acids is 1. The zero-order valence-corrected chi connectivity index (χ0v) is 14.4. The summed E-state index contributed by atoms with van der Waals surface area (Å²) in [5, 5.41) is 6.69. The van der Waals surface area contributed by atoms with Gasteiger partial charge in [0.05, 0.1) is 5.54 Å². The molecule has 1 aliphatic carbocycles. The Kier molecular flexibility index (Phi) is 5.69. The molecule has 3 rings (SSSR count). The fraction of sp³-hybridized carbons (Fsp3) is 0.562. The van der Waals surface area contributed by atoms with Crippen LogP contribution in [0.15, 0.2) is 28.7 Å². The molecule has 0 spiro atoms. The van der Waals surface area contributed by atoms with Gasteiger partial charge in [0.2, 0.25) is 5.91 Å². The molecule has 5 heteroatoms. The molecule has 21 heavy (non-hydrogen) atoms. The van der Waals surface area contributed by atoms with Crippen molar-refractivity contribution in [3.63, 3.8) is 0 Å². The smallest absolute Gasteiger partial charge is 0.222 e. The van der Waals surface area contributed by atoms with Gasteiger partial charge < -0.3 is 10.6 Å². The average molecular weight is 374 g/mol. The first kappa shape index (κ1) is 16.8. The van der Waals surface area contributed by atoms with E-state index in [0.29, 0.717) is 12.5 Å². The summed E-state index contributed by atoms with van der Waals surface area (Å²) in [7, 11) is 0. The van der Waals surface area contributed by atoms with Crippen molar-refractivity contribution >= 4 is 34.2 Å². The molecule has 116 valence electrons. The van der Waals surface area contributed by atoms with Crippen molar-refractivity contribution < 1.29 is 4.79 Å². The van der Waals surface area contributed by atoms with E-state index in [-0.39, 0.29) is 23.9 Å². The third kappa shape index (κ3) is 3.79. The van der Waals surface area contributed by atoms with Crippen molar-refractivity contribution in [2.75, 3.05) is 6.54 Å². The zero-order chi connectivity index (χ0) is 14.0. The Hall–Kier alpha value is -0.580. The third-order valence-electron chi connectivity index (χ3n) is 4.58. The maximum atomic E-state index is 12.3. The van der Waals surface area contributed by atoms with Gasteiger partial charge in [0.1, 0.15) is 0 Å². The molecule has 2 aliphatic rings. The van der Waals surface area contributed by atoms with E-state index in [0.717, 1.165) is 30.3 Å². The highest BCUT2D eigenvalue weighted by atomic mass is 79.9. The van der Waals surface area contributed by atoms with E-state index in [1.165, 1.54) is 18.4 Å². The first-order valence-corrected chi connectivity index (χ1v) is 8.28. The lowest BCUT2D eigenvalue weighted by Crippen LogP contribution is -2.51. The lowest BCUT2D eigenvalue weighted by atomic mass is 9.71. The lowest BCUT2D eigenvalue weighted by molar-refractivity contribution is -0.124. The molecule has 2 N–H and O–H groups in total. The summed E-state index contributed by atoms with van der Waals surface area (Å²) in [5.74, 6) is 0.187. The van der Waals surface area contributed by atoms with Crippen LogP contribution in [-0.2, 0) is 10.3 Å². The van der Waals surface area contributed by atoms with E-state index in [9.17, 15) is 4.79 Å². The molecule has 3 nitrogen and oxygen atoms in total. The Morgan fingerprint density at radius 3 is 2.52 bits per heavy atom. The Morgan fingerprint density at radius 2 is 2.00 bits per heavy atom. The number of rotatable bonds is 4. The highest BCUT2D eigenvalue weighted by Gasteiger charge is 2.40. The first-order chi connectivity index (χ1) is 9.68. The number of hydrogen-bond acceptors (Lipinski definition) is 2. The summed E-state index contributed by atoms with van der Waals surface area (Å²) in [6.45, 7) is 1.05. The molecule has 1 unspecified atom stereocenters. The molecular formula is C16H22BrClN2O. The molecule has 0 bridgehead atoms. The average Bonchev–Trinajstić information content (AvgIpc) is 2.88. The minimum absolute atomic E-state index is 0. The van der Waals surface area contributed by atoms with Crippen molar-refractivity contribution in [1.29, 1.82) is 0 Å². The number of nitrogens with one attached hydrogen (secondary N) is 2. The van der Waals surface area contributed by atoms with E-state index < -0.39 is 0 Å². The molecule has 1 atom stereocenters. The van der Waals surface area contributed by atoms with Crippen molar-refractivity contribution in [3.8, 4) is 0 Å². The highest BCUT2D eigenvalue weighted by Crippen LogP contribution is 2.41. The summed E-state index contributed by atoms with van der Waals surface area (Å²) in [6.07, 6.45) is 6.22. The third-order valence-corrected chi connectivity index (χ3v) is 5.11. The topological polar surface area (TPSA) is 41.1 Å². The number of hydrogen-bond donors (Lipinski definition) is 2. The van der Waals surface area contributed by atoms with E-state index in [4.69, 9.17) is 0 Å². The van der Waals surface area contributed by atoms with Gasteiger partial charge in [-0.1, -0.05) is 28.1 Å². The fourth-order valence-electron chi connectivity index (χ4n) is 3.26. The summed E-state index contributed by atoms with van der Waals surface area (Å²) < 4.78 is 1.08.